The number of rotatable bonds is 4. The summed E-state index contributed by atoms with van der Waals surface area (Å²) in [6, 6.07) is 4.28. The van der Waals surface area contributed by atoms with Gasteiger partial charge in [0, 0.05) is 17.8 Å². The van der Waals surface area contributed by atoms with Crippen molar-refractivity contribution in [3.05, 3.63) is 58.4 Å². The minimum absolute atomic E-state index is 0.103. The van der Waals surface area contributed by atoms with Crippen LogP contribution in [-0.4, -0.2) is 22.5 Å². The molecule has 0 aliphatic rings. The lowest BCUT2D eigenvalue weighted by Crippen LogP contribution is -2.39. The molecule has 4 nitrogen and oxygen atoms in total. The van der Waals surface area contributed by atoms with E-state index in [2.05, 4.69) is 10.3 Å². The lowest BCUT2D eigenvalue weighted by Gasteiger charge is -2.24. The molecule has 1 aromatic carbocycles. The molecule has 0 radical (unpaired) electrons. The standard InChI is InChI=1S/C14H13ClF2N2O2/c1-14(21,10-3-2-9(16)5-11(10)17)7-19-13(20)12-4-8(15)6-18-12/h2-6,18,21H,7H2,1H3,(H,19,20). The van der Waals surface area contributed by atoms with E-state index in [4.69, 9.17) is 11.6 Å². The van der Waals surface area contributed by atoms with Crippen LogP contribution in [-0.2, 0) is 5.60 Å². The van der Waals surface area contributed by atoms with Crippen LogP contribution in [0.5, 0.6) is 0 Å². The molecule has 2 rings (SSSR count). The van der Waals surface area contributed by atoms with Crippen LogP contribution in [0, 0.1) is 11.6 Å². The molecular formula is C14H13ClF2N2O2. The molecule has 3 N–H and O–H groups in total. The topological polar surface area (TPSA) is 65.1 Å². The summed E-state index contributed by atoms with van der Waals surface area (Å²) >= 11 is 5.68. The first-order valence-electron chi connectivity index (χ1n) is 6.09. The largest absolute Gasteiger partial charge is 0.383 e. The molecule has 0 bridgehead atoms. The van der Waals surface area contributed by atoms with Gasteiger partial charge in [0.25, 0.3) is 5.91 Å². The second-order valence-corrected chi connectivity index (χ2v) is 5.25. The van der Waals surface area contributed by atoms with Crippen LogP contribution >= 0.6 is 11.6 Å². The summed E-state index contributed by atoms with van der Waals surface area (Å²) in [5.41, 5.74) is -1.56. The van der Waals surface area contributed by atoms with Gasteiger partial charge in [0.05, 0.1) is 11.6 Å². The predicted molar refractivity (Wildman–Crippen MR) is 74.1 cm³/mol. The van der Waals surface area contributed by atoms with Crippen molar-refractivity contribution in [1.29, 1.82) is 0 Å². The van der Waals surface area contributed by atoms with Crippen molar-refractivity contribution in [2.75, 3.05) is 6.54 Å². The predicted octanol–water partition coefficient (Wildman–Crippen LogP) is 2.58. The number of aromatic nitrogens is 1. The van der Waals surface area contributed by atoms with Gasteiger partial charge < -0.3 is 15.4 Å². The highest BCUT2D eigenvalue weighted by Crippen LogP contribution is 2.23. The number of benzene rings is 1. The normalized spacial score (nSPS) is 13.8. The molecule has 0 saturated carbocycles. The second kappa shape index (κ2) is 5.83. The maximum absolute atomic E-state index is 13.7. The van der Waals surface area contributed by atoms with Crippen molar-refractivity contribution >= 4 is 17.5 Å². The molecule has 2 aromatic rings. The summed E-state index contributed by atoms with van der Waals surface area (Å²) < 4.78 is 26.5. The number of hydrogen-bond acceptors (Lipinski definition) is 2. The van der Waals surface area contributed by atoms with Crippen LogP contribution in [0.4, 0.5) is 8.78 Å². The number of H-pyrrole nitrogens is 1. The molecule has 0 fully saturated rings. The van der Waals surface area contributed by atoms with Crippen LogP contribution in [0.15, 0.2) is 30.5 Å². The Kier molecular flexibility index (Phi) is 4.29. The fourth-order valence-corrected chi connectivity index (χ4v) is 2.03. The molecule has 1 amide bonds. The van der Waals surface area contributed by atoms with E-state index in [0.29, 0.717) is 11.1 Å². The fourth-order valence-electron chi connectivity index (χ4n) is 1.87. The molecule has 1 heterocycles. The average Bonchev–Trinajstić information content (AvgIpc) is 2.82. The third-order valence-corrected chi connectivity index (χ3v) is 3.22. The molecule has 7 heteroatoms. The van der Waals surface area contributed by atoms with Gasteiger partial charge in [-0.25, -0.2) is 8.78 Å². The molecule has 21 heavy (non-hydrogen) atoms. The molecule has 0 saturated heterocycles. The number of amides is 1. The van der Waals surface area contributed by atoms with Crippen LogP contribution in [0.2, 0.25) is 5.02 Å². The van der Waals surface area contributed by atoms with Gasteiger partial charge in [-0.3, -0.25) is 4.79 Å². The lowest BCUT2D eigenvalue weighted by molar-refractivity contribution is 0.0493. The summed E-state index contributed by atoms with van der Waals surface area (Å²) in [6.45, 7) is 1.08. The Morgan fingerprint density at radius 2 is 2.14 bits per heavy atom. The number of aliphatic hydroxyl groups is 1. The van der Waals surface area contributed by atoms with Gasteiger partial charge in [-0.15, -0.1) is 0 Å². The zero-order valence-electron chi connectivity index (χ0n) is 11.1. The van der Waals surface area contributed by atoms with Crippen molar-refractivity contribution in [1.82, 2.24) is 10.3 Å². The van der Waals surface area contributed by atoms with Gasteiger partial charge in [0.1, 0.15) is 22.9 Å². The van der Waals surface area contributed by atoms with Gasteiger partial charge in [0.15, 0.2) is 0 Å². The lowest BCUT2D eigenvalue weighted by atomic mass is 9.95. The molecule has 0 aliphatic heterocycles. The highest BCUT2D eigenvalue weighted by Gasteiger charge is 2.27. The summed E-state index contributed by atoms with van der Waals surface area (Å²) in [5, 5.41) is 13.1. The Bertz CT molecular complexity index is 671. The van der Waals surface area contributed by atoms with Gasteiger partial charge in [-0.2, -0.15) is 0 Å². The van der Waals surface area contributed by atoms with Crippen molar-refractivity contribution in [2.24, 2.45) is 0 Å². The third-order valence-electron chi connectivity index (χ3n) is 3.00. The Balaban J connectivity index is 2.09. The van der Waals surface area contributed by atoms with Gasteiger partial charge in [-0.1, -0.05) is 17.7 Å². The number of aromatic amines is 1. The smallest absolute Gasteiger partial charge is 0.267 e. The minimum Gasteiger partial charge on any atom is -0.383 e. The van der Waals surface area contributed by atoms with E-state index in [0.717, 1.165) is 12.1 Å². The Morgan fingerprint density at radius 3 is 2.71 bits per heavy atom. The highest BCUT2D eigenvalue weighted by molar-refractivity contribution is 6.30. The Labute approximate surface area is 124 Å². The summed E-state index contributed by atoms with van der Waals surface area (Å²) in [4.78, 5) is 14.5. The van der Waals surface area contributed by atoms with Crippen molar-refractivity contribution in [2.45, 2.75) is 12.5 Å². The third kappa shape index (κ3) is 3.59. The van der Waals surface area contributed by atoms with Gasteiger partial charge in [0.2, 0.25) is 0 Å². The molecule has 1 atom stereocenters. The number of carbonyl (C=O) groups excluding carboxylic acids is 1. The van der Waals surface area contributed by atoms with Crippen molar-refractivity contribution in [3.8, 4) is 0 Å². The van der Waals surface area contributed by atoms with Crippen molar-refractivity contribution in [3.63, 3.8) is 0 Å². The Morgan fingerprint density at radius 1 is 1.43 bits per heavy atom. The van der Waals surface area contributed by atoms with E-state index < -0.39 is 23.1 Å². The molecule has 1 unspecified atom stereocenters. The summed E-state index contributed by atoms with van der Waals surface area (Å²) in [5.74, 6) is -2.11. The molecular weight excluding hydrogens is 302 g/mol. The number of hydrogen-bond donors (Lipinski definition) is 3. The van der Waals surface area contributed by atoms with Gasteiger partial charge >= 0.3 is 0 Å². The highest BCUT2D eigenvalue weighted by atomic mass is 35.5. The molecule has 0 aliphatic carbocycles. The van der Waals surface area contributed by atoms with E-state index in [-0.39, 0.29) is 17.8 Å². The average molecular weight is 315 g/mol. The molecule has 1 aromatic heterocycles. The van der Waals surface area contributed by atoms with Gasteiger partial charge in [-0.05, 0) is 19.1 Å². The first-order chi connectivity index (χ1) is 9.79. The first kappa shape index (κ1) is 15.5. The number of nitrogens with one attached hydrogen (secondary N) is 2. The van der Waals surface area contributed by atoms with Crippen LogP contribution < -0.4 is 5.32 Å². The zero-order chi connectivity index (χ0) is 15.6. The van der Waals surface area contributed by atoms with Crippen LogP contribution in [0.1, 0.15) is 23.0 Å². The summed E-state index contributed by atoms with van der Waals surface area (Å²) in [7, 11) is 0. The maximum atomic E-state index is 13.7. The fraction of sp³-hybridized carbons (Fsp3) is 0.214. The number of halogens is 3. The quantitative estimate of drug-likeness (QED) is 0.812. The monoisotopic (exact) mass is 314 g/mol. The van der Waals surface area contributed by atoms with E-state index in [9.17, 15) is 18.7 Å². The van der Waals surface area contributed by atoms with E-state index in [1.807, 2.05) is 0 Å². The Hall–Kier alpha value is -1.92. The van der Waals surface area contributed by atoms with E-state index in [1.165, 1.54) is 19.2 Å². The van der Waals surface area contributed by atoms with E-state index in [1.54, 1.807) is 0 Å². The maximum Gasteiger partial charge on any atom is 0.267 e. The molecule has 112 valence electrons. The van der Waals surface area contributed by atoms with Crippen LogP contribution in [0.3, 0.4) is 0 Å². The first-order valence-corrected chi connectivity index (χ1v) is 6.47. The van der Waals surface area contributed by atoms with Crippen molar-refractivity contribution < 1.29 is 18.7 Å². The second-order valence-electron chi connectivity index (χ2n) is 4.81. The SMILES string of the molecule is CC(O)(CNC(=O)c1cc(Cl)c[nH]1)c1ccc(F)cc1F. The van der Waals surface area contributed by atoms with E-state index >= 15 is 0 Å². The summed E-state index contributed by atoms with van der Waals surface area (Å²) in [6.07, 6.45) is 1.44. The number of carbonyl (C=O) groups is 1. The zero-order valence-corrected chi connectivity index (χ0v) is 11.8. The molecule has 0 spiro atoms. The van der Waals surface area contributed by atoms with Crippen LogP contribution in [0.25, 0.3) is 0 Å². The minimum atomic E-state index is -1.68.